The molecule has 0 spiro atoms. The van der Waals surface area contributed by atoms with Crippen LogP contribution in [0.4, 0.5) is 10.1 Å². The number of nitrogens with zero attached hydrogens (tertiary/aromatic N) is 2. The number of aromatic amines is 1. The lowest BCUT2D eigenvalue weighted by Crippen LogP contribution is -2.27. The second kappa shape index (κ2) is 5.27. The third-order valence-corrected chi connectivity index (χ3v) is 3.04. The van der Waals surface area contributed by atoms with Crippen LogP contribution in [-0.2, 0) is 6.54 Å². The minimum atomic E-state index is -0.454. The molecule has 7 heteroatoms. The van der Waals surface area contributed by atoms with Crippen LogP contribution in [0, 0.1) is 5.82 Å². The molecule has 0 aliphatic rings. The molecule has 0 radical (unpaired) electrons. The van der Waals surface area contributed by atoms with Crippen LogP contribution >= 0.6 is 11.6 Å². The van der Waals surface area contributed by atoms with Crippen LogP contribution in [0.5, 0.6) is 0 Å². The van der Waals surface area contributed by atoms with E-state index in [0.29, 0.717) is 0 Å². The number of hydrogen-bond acceptors (Lipinski definition) is 3. The summed E-state index contributed by atoms with van der Waals surface area (Å²) in [6.45, 7) is 0.0444. The minimum Gasteiger partial charge on any atom is -0.396 e. The molecule has 5 nitrogen and oxygen atoms in total. The molecular weight excluding hydrogens is 271 g/mol. The van der Waals surface area contributed by atoms with Crippen molar-refractivity contribution in [1.82, 2.24) is 15.1 Å². The van der Waals surface area contributed by atoms with E-state index in [1.54, 1.807) is 6.07 Å². The molecule has 0 atom stereocenters. The number of rotatable bonds is 3. The van der Waals surface area contributed by atoms with E-state index >= 15 is 0 Å². The number of carbonyl (C=O) groups is 1. The summed E-state index contributed by atoms with van der Waals surface area (Å²) < 4.78 is 13.6. The molecule has 2 rings (SSSR count). The molecule has 1 amide bonds. The van der Waals surface area contributed by atoms with E-state index in [9.17, 15) is 9.18 Å². The Bertz CT molecular complexity index is 593. The van der Waals surface area contributed by atoms with Gasteiger partial charge in [0.05, 0.1) is 18.4 Å². The average molecular weight is 283 g/mol. The second-order valence-electron chi connectivity index (χ2n) is 4.06. The van der Waals surface area contributed by atoms with Crippen LogP contribution < -0.4 is 5.73 Å². The van der Waals surface area contributed by atoms with E-state index in [-0.39, 0.29) is 34.4 Å². The number of aromatic nitrogens is 2. The van der Waals surface area contributed by atoms with Crippen molar-refractivity contribution in [3.05, 3.63) is 46.5 Å². The van der Waals surface area contributed by atoms with Crippen molar-refractivity contribution in [1.29, 1.82) is 0 Å². The SMILES string of the molecule is CN(Cc1c(F)cccc1Cl)C(=O)c1[nH]ncc1N. The molecule has 0 saturated heterocycles. The monoisotopic (exact) mass is 282 g/mol. The number of amides is 1. The first-order chi connectivity index (χ1) is 9.00. The number of halogens is 2. The van der Waals surface area contributed by atoms with Crippen LogP contribution in [0.2, 0.25) is 5.02 Å². The molecule has 0 unspecified atom stereocenters. The average Bonchev–Trinajstić information content (AvgIpc) is 2.79. The number of nitrogens with two attached hydrogens (primary N) is 1. The minimum absolute atomic E-state index is 0.0444. The number of nitrogen functional groups attached to an aromatic ring is 1. The zero-order chi connectivity index (χ0) is 14.0. The van der Waals surface area contributed by atoms with Crippen LogP contribution in [-0.4, -0.2) is 28.1 Å². The smallest absolute Gasteiger partial charge is 0.274 e. The first-order valence-electron chi connectivity index (χ1n) is 5.48. The van der Waals surface area contributed by atoms with Gasteiger partial charge in [0.25, 0.3) is 5.91 Å². The number of carbonyl (C=O) groups excluding carboxylic acids is 1. The van der Waals surface area contributed by atoms with E-state index < -0.39 is 5.82 Å². The van der Waals surface area contributed by atoms with Crippen molar-refractivity contribution < 1.29 is 9.18 Å². The highest BCUT2D eigenvalue weighted by Gasteiger charge is 2.19. The van der Waals surface area contributed by atoms with Crippen LogP contribution in [0.25, 0.3) is 0 Å². The Hall–Kier alpha value is -2.08. The summed E-state index contributed by atoms with van der Waals surface area (Å²) in [5.74, 6) is -0.834. The zero-order valence-corrected chi connectivity index (χ0v) is 10.9. The quantitative estimate of drug-likeness (QED) is 0.905. The summed E-state index contributed by atoms with van der Waals surface area (Å²) >= 11 is 5.91. The molecular formula is C12H12ClFN4O. The van der Waals surface area contributed by atoms with E-state index in [4.69, 9.17) is 17.3 Å². The largest absolute Gasteiger partial charge is 0.396 e. The third-order valence-electron chi connectivity index (χ3n) is 2.69. The highest BCUT2D eigenvalue weighted by molar-refractivity contribution is 6.31. The Balaban J connectivity index is 2.20. The Labute approximate surface area is 114 Å². The lowest BCUT2D eigenvalue weighted by atomic mass is 10.2. The Kier molecular flexibility index (Phi) is 3.71. The second-order valence-corrected chi connectivity index (χ2v) is 4.47. The van der Waals surface area contributed by atoms with Crippen LogP contribution in [0.3, 0.4) is 0 Å². The lowest BCUT2D eigenvalue weighted by molar-refractivity contribution is 0.0779. The standard InChI is InChI=1S/C12H12ClFN4O/c1-18(12(19)11-10(15)5-16-17-11)6-7-8(13)3-2-4-9(7)14/h2-5H,6,15H2,1H3,(H,16,17). The Morgan fingerprint density at radius 1 is 1.58 bits per heavy atom. The molecule has 1 heterocycles. The maximum absolute atomic E-state index is 13.6. The third kappa shape index (κ3) is 2.68. The normalized spacial score (nSPS) is 10.5. The molecule has 1 aromatic heterocycles. The van der Waals surface area contributed by atoms with Gasteiger partial charge < -0.3 is 10.6 Å². The summed E-state index contributed by atoms with van der Waals surface area (Å²) in [6.07, 6.45) is 1.34. The number of benzene rings is 1. The van der Waals surface area contributed by atoms with Crippen molar-refractivity contribution >= 4 is 23.2 Å². The van der Waals surface area contributed by atoms with Gasteiger partial charge in [0.2, 0.25) is 0 Å². The van der Waals surface area contributed by atoms with Crippen LogP contribution in [0.1, 0.15) is 16.1 Å². The summed E-state index contributed by atoms with van der Waals surface area (Å²) in [5.41, 5.74) is 6.28. The van der Waals surface area contributed by atoms with E-state index in [2.05, 4.69) is 10.2 Å². The van der Waals surface area contributed by atoms with E-state index in [1.807, 2.05) is 0 Å². The number of anilines is 1. The molecule has 0 aliphatic carbocycles. The maximum Gasteiger partial charge on any atom is 0.274 e. The predicted molar refractivity (Wildman–Crippen MR) is 70.2 cm³/mol. The first-order valence-corrected chi connectivity index (χ1v) is 5.85. The Morgan fingerprint density at radius 3 is 2.89 bits per heavy atom. The summed E-state index contributed by atoms with van der Waals surface area (Å²) in [6, 6.07) is 4.38. The lowest BCUT2D eigenvalue weighted by Gasteiger charge is -2.17. The van der Waals surface area contributed by atoms with Gasteiger partial charge in [0.15, 0.2) is 0 Å². The van der Waals surface area contributed by atoms with Gasteiger partial charge in [-0.15, -0.1) is 0 Å². The molecule has 0 aliphatic heterocycles. The highest BCUT2D eigenvalue weighted by atomic mass is 35.5. The van der Waals surface area contributed by atoms with Gasteiger partial charge in [-0.1, -0.05) is 17.7 Å². The number of nitrogens with one attached hydrogen (secondary N) is 1. The van der Waals surface area contributed by atoms with Crippen molar-refractivity contribution in [3.63, 3.8) is 0 Å². The van der Waals surface area contributed by atoms with Gasteiger partial charge in [-0.3, -0.25) is 9.89 Å². The van der Waals surface area contributed by atoms with Crippen molar-refractivity contribution in [2.24, 2.45) is 0 Å². The van der Waals surface area contributed by atoms with Crippen molar-refractivity contribution in [3.8, 4) is 0 Å². The van der Waals surface area contributed by atoms with Gasteiger partial charge in [0, 0.05) is 17.6 Å². The fraction of sp³-hybridized carbons (Fsp3) is 0.167. The Morgan fingerprint density at radius 2 is 2.32 bits per heavy atom. The maximum atomic E-state index is 13.6. The van der Waals surface area contributed by atoms with E-state index in [0.717, 1.165) is 0 Å². The van der Waals surface area contributed by atoms with Gasteiger partial charge in [-0.05, 0) is 12.1 Å². The summed E-state index contributed by atoms with van der Waals surface area (Å²) in [5, 5.41) is 6.45. The molecule has 3 N–H and O–H groups in total. The molecule has 100 valence electrons. The van der Waals surface area contributed by atoms with Gasteiger partial charge >= 0.3 is 0 Å². The molecule has 0 fully saturated rings. The summed E-state index contributed by atoms with van der Waals surface area (Å²) in [7, 11) is 1.53. The molecule has 1 aromatic carbocycles. The van der Waals surface area contributed by atoms with E-state index in [1.165, 1.54) is 30.3 Å². The van der Waals surface area contributed by atoms with Crippen LogP contribution in [0.15, 0.2) is 24.4 Å². The predicted octanol–water partition coefficient (Wildman–Crippen LogP) is 2.06. The number of hydrogen-bond donors (Lipinski definition) is 2. The van der Waals surface area contributed by atoms with Crippen molar-refractivity contribution in [2.75, 3.05) is 12.8 Å². The molecule has 0 saturated carbocycles. The highest BCUT2D eigenvalue weighted by Crippen LogP contribution is 2.21. The topological polar surface area (TPSA) is 75.0 Å². The molecule has 0 bridgehead atoms. The summed E-state index contributed by atoms with van der Waals surface area (Å²) in [4.78, 5) is 13.4. The molecule has 2 aromatic rings. The van der Waals surface area contributed by atoms with Gasteiger partial charge in [-0.2, -0.15) is 5.10 Å². The van der Waals surface area contributed by atoms with Crippen molar-refractivity contribution in [2.45, 2.75) is 6.54 Å². The fourth-order valence-electron chi connectivity index (χ4n) is 1.65. The fourth-order valence-corrected chi connectivity index (χ4v) is 1.87. The number of H-pyrrole nitrogens is 1. The zero-order valence-electron chi connectivity index (χ0n) is 10.2. The van der Waals surface area contributed by atoms with Gasteiger partial charge in [0.1, 0.15) is 11.5 Å². The first kappa shape index (κ1) is 13.4. The van der Waals surface area contributed by atoms with Gasteiger partial charge in [-0.25, -0.2) is 4.39 Å². The molecule has 19 heavy (non-hydrogen) atoms.